The van der Waals surface area contributed by atoms with E-state index in [4.69, 9.17) is 11.6 Å². The van der Waals surface area contributed by atoms with Crippen LogP contribution in [0.2, 0.25) is 5.15 Å². The summed E-state index contributed by atoms with van der Waals surface area (Å²) < 4.78 is 27.9. The maximum absolute atomic E-state index is 12.1. The van der Waals surface area contributed by atoms with E-state index in [1.807, 2.05) is 13.8 Å². The lowest BCUT2D eigenvalue weighted by Crippen LogP contribution is -2.37. The van der Waals surface area contributed by atoms with E-state index >= 15 is 0 Å². The fourth-order valence-corrected chi connectivity index (χ4v) is 2.85. The Balaban J connectivity index is 2.81. The second-order valence-electron chi connectivity index (χ2n) is 3.73. The summed E-state index contributed by atoms with van der Waals surface area (Å²) >= 11 is 5.58. The zero-order chi connectivity index (χ0) is 13.6. The summed E-state index contributed by atoms with van der Waals surface area (Å²) in [7, 11) is -3.57. The maximum Gasteiger partial charge on any atom is 0.302 e. The number of hydrogen-bond donors (Lipinski definition) is 1. The molecule has 6 nitrogen and oxygen atoms in total. The van der Waals surface area contributed by atoms with Gasteiger partial charge in [0, 0.05) is 13.1 Å². The summed E-state index contributed by atoms with van der Waals surface area (Å²) in [5, 5.41) is 0.219. The van der Waals surface area contributed by atoms with Gasteiger partial charge in [-0.3, -0.25) is 4.72 Å². The first-order chi connectivity index (χ1) is 8.49. The van der Waals surface area contributed by atoms with E-state index in [0.29, 0.717) is 13.1 Å². The molecule has 0 spiro atoms. The van der Waals surface area contributed by atoms with Gasteiger partial charge in [-0.25, -0.2) is 9.97 Å². The van der Waals surface area contributed by atoms with Crippen LogP contribution in [-0.4, -0.2) is 35.8 Å². The van der Waals surface area contributed by atoms with Crippen molar-refractivity contribution in [1.82, 2.24) is 14.3 Å². The Morgan fingerprint density at radius 1 is 1.22 bits per heavy atom. The predicted octanol–water partition coefficient (Wildman–Crippen LogP) is 1.91. The summed E-state index contributed by atoms with van der Waals surface area (Å²) in [6.07, 6.45) is 4.10. The number of nitrogens with zero attached hydrogens (tertiary/aromatic N) is 3. The van der Waals surface area contributed by atoms with Crippen LogP contribution in [0.5, 0.6) is 0 Å². The molecule has 0 fully saturated rings. The van der Waals surface area contributed by atoms with Gasteiger partial charge in [-0.05, 0) is 12.8 Å². The van der Waals surface area contributed by atoms with Crippen LogP contribution in [0.15, 0.2) is 12.4 Å². The van der Waals surface area contributed by atoms with Crippen molar-refractivity contribution in [3.8, 4) is 0 Å². The summed E-state index contributed by atoms with van der Waals surface area (Å²) in [6.45, 7) is 4.81. The lowest BCUT2D eigenvalue weighted by atomic mass is 10.4. The second-order valence-corrected chi connectivity index (χ2v) is 5.79. The van der Waals surface area contributed by atoms with Crippen molar-refractivity contribution < 1.29 is 8.42 Å². The number of hydrogen-bond acceptors (Lipinski definition) is 4. The zero-order valence-electron chi connectivity index (χ0n) is 10.4. The molecule has 1 N–H and O–H groups in total. The lowest BCUT2D eigenvalue weighted by molar-refractivity contribution is 0.413. The van der Waals surface area contributed by atoms with E-state index in [-0.39, 0.29) is 11.0 Å². The predicted molar refractivity (Wildman–Crippen MR) is 71.7 cm³/mol. The van der Waals surface area contributed by atoms with E-state index in [0.717, 1.165) is 12.8 Å². The Bertz CT molecular complexity index is 457. The molecule has 0 saturated carbocycles. The Hall–Kier alpha value is -0.920. The first-order valence-corrected chi connectivity index (χ1v) is 7.56. The van der Waals surface area contributed by atoms with Gasteiger partial charge in [-0.15, -0.1) is 0 Å². The lowest BCUT2D eigenvalue weighted by Gasteiger charge is -2.21. The van der Waals surface area contributed by atoms with Crippen LogP contribution < -0.4 is 4.72 Å². The molecule has 1 rings (SSSR count). The molecule has 0 bridgehead atoms. The Labute approximate surface area is 113 Å². The van der Waals surface area contributed by atoms with E-state index in [1.165, 1.54) is 16.7 Å². The van der Waals surface area contributed by atoms with Crippen LogP contribution in [-0.2, 0) is 10.2 Å². The maximum atomic E-state index is 12.1. The van der Waals surface area contributed by atoms with Gasteiger partial charge in [-0.2, -0.15) is 12.7 Å². The Morgan fingerprint density at radius 3 is 2.28 bits per heavy atom. The van der Waals surface area contributed by atoms with Gasteiger partial charge >= 0.3 is 10.2 Å². The molecule has 1 aromatic rings. The monoisotopic (exact) mass is 292 g/mol. The molecule has 102 valence electrons. The summed E-state index contributed by atoms with van der Waals surface area (Å²) in [5.74, 6) is 0.164. The van der Waals surface area contributed by atoms with Gasteiger partial charge in [-0.1, -0.05) is 25.4 Å². The minimum atomic E-state index is -3.57. The number of anilines is 1. The molecule has 0 aromatic carbocycles. The molecular formula is C10H17ClN4O2S. The van der Waals surface area contributed by atoms with Crippen molar-refractivity contribution in [2.75, 3.05) is 17.8 Å². The molecule has 1 aromatic heterocycles. The van der Waals surface area contributed by atoms with Crippen LogP contribution >= 0.6 is 11.6 Å². The van der Waals surface area contributed by atoms with Gasteiger partial charge in [0.25, 0.3) is 0 Å². The molecule has 0 unspecified atom stereocenters. The quantitative estimate of drug-likeness (QED) is 0.833. The van der Waals surface area contributed by atoms with Crippen molar-refractivity contribution >= 4 is 27.6 Å². The number of rotatable bonds is 7. The van der Waals surface area contributed by atoms with Crippen LogP contribution in [0.3, 0.4) is 0 Å². The van der Waals surface area contributed by atoms with Crippen LogP contribution in [0, 0.1) is 0 Å². The van der Waals surface area contributed by atoms with Crippen LogP contribution in [0.25, 0.3) is 0 Å². The highest BCUT2D eigenvalue weighted by atomic mass is 35.5. The molecule has 0 saturated heterocycles. The van der Waals surface area contributed by atoms with Crippen molar-refractivity contribution in [2.24, 2.45) is 0 Å². The summed E-state index contributed by atoms with van der Waals surface area (Å²) in [6, 6.07) is 0. The van der Waals surface area contributed by atoms with Crippen molar-refractivity contribution in [1.29, 1.82) is 0 Å². The molecule has 8 heteroatoms. The normalized spacial score (nSPS) is 11.8. The molecule has 0 amide bonds. The zero-order valence-corrected chi connectivity index (χ0v) is 12.0. The molecule has 0 aliphatic carbocycles. The van der Waals surface area contributed by atoms with E-state index in [1.54, 1.807) is 0 Å². The van der Waals surface area contributed by atoms with Crippen LogP contribution in [0.4, 0.5) is 5.82 Å². The number of halogens is 1. The highest BCUT2D eigenvalue weighted by Crippen LogP contribution is 2.10. The van der Waals surface area contributed by atoms with Gasteiger partial charge in [0.2, 0.25) is 0 Å². The minimum Gasteiger partial charge on any atom is -0.253 e. The highest BCUT2D eigenvalue weighted by molar-refractivity contribution is 7.90. The molecular weight excluding hydrogens is 276 g/mol. The standard InChI is InChI=1S/C10H17ClN4O2S/c1-3-5-15(6-4-2)18(16,17)14-10-8-12-9(11)7-13-10/h7-8H,3-6H2,1-2H3,(H,13,14). The summed E-state index contributed by atoms with van der Waals surface area (Å²) in [5.41, 5.74) is 0. The average molecular weight is 293 g/mol. The summed E-state index contributed by atoms with van der Waals surface area (Å²) in [4.78, 5) is 7.63. The third-order valence-electron chi connectivity index (χ3n) is 2.14. The molecule has 0 atom stereocenters. The van der Waals surface area contributed by atoms with Gasteiger partial charge < -0.3 is 0 Å². The number of aromatic nitrogens is 2. The number of nitrogens with one attached hydrogen (secondary N) is 1. The molecule has 0 aliphatic heterocycles. The molecule has 1 heterocycles. The van der Waals surface area contributed by atoms with E-state index in [2.05, 4.69) is 14.7 Å². The largest absolute Gasteiger partial charge is 0.302 e. The first-order valence-electron chi connectivity index (χ1n) is 5.75. The smallest absolute Gasteiger partial charge is 0.253 e. The van der Waals surface area contributed by atoms with Crippen LogP contribution in [0.1, 0.15) is 26.7 Å². The Morgan fingerprint density at radius 2 is 1.83 bits per heavy atom. The van der Waals surface area contributed by atoms with Gasteiger partial charge in [0.05, 0.1) is 12.4 Å². The van der Waals surface area contributed by atoms with Crippen molar-refractivity contribution in [3.63, 3.8) is 0 Å². The van der Waals surface area contributed by atoms with Gasteiger partial charge in [0.1, 0.15) is 5.15 Å². The van der Waals surface area contributed by atoms with Crippen molar-refractivity contribution in [2.45, 2.75) is 26.7 Å². The second kappa shape index (κ2) is 6.86. The highest BCUT2D eigenvalue weighted by Gasteiger charge is 2.20. The molecule has 0 radical (unpaired) electrons. The third kappa shape index (κ3) is 4.40. The SMILES string of the molecule is CCCN(CCC)S(=O)(=O)Nc1cnc(Cl)cn1. The molecule has 18 heavy (non-hydrogen) atoms. The fourth-order valence-electron chi connectivity index (χ4n) is 1.41. The average Bonchev–Trinajstić information content (AvgIpc) is 2.32. The minimum absolute atomic E-state index is 0.164. The third-order valence-corrected chi connectivity index (χ3v) is 3.85. The van der Waals surface area contributed by atoms with E-state index < -0.39 is 10.2 Å². The van der Waals surface area contributed by atoms with Crippen molar-refractivity contribution in [3.05, 3.63) is 17.5 Å². The van der Waals surface area contributed by atoms with E-state index in [9.17, 15) is 8.42 Å². The van der Waals surface area contributed by atoms with Gasteiger partial charge in [0.15, 0.2) is 5.82 Å². The topological polar surface area (TPSA) is 75.2 Å². The Kier molecular flexibility index (Phi) is 5.77. The fraction of sp³-hybridized carbons (Fsp3) is 0.600. The first kappa shape index (κ1) is 15.1. The molecule has 0 aliphatic rings.